The average Bonchev–Trinajstić information content (AvgIpc) is 3.25. The lowest BCUT2D eigenvalue weighted by atomic mass is 9.97. The number of methoxy groups -OCH3 is 1. The van der Waals surface area contributed by atoms with E-state index in [1.165, 1.54) is 30.9 Å². The van der Waals surface area contributed by atoms with Crippen molar-refractivity contribution in [3.63, 3.8) is 0 Å². The molecule has 40 heavy (non-hydrogen) atoms. The number of anilines is 1. The molecule has 0 aliphatic carbocycles. The number of rotatable bonds is 9. The van der Waals surface area contributed by atoms with Gasteiger partial charge in [-0.15, -0.1) is 0 Å². The second kappa shape index (κ2) is 11.7. The first-order chi connectivity index (χ1) is 18.9. The summed E-state index contributed by atoms with van der Waals surface area (Å²) in [5.41, 5.74) is 2.17. The Morgan fingerprint density at radius 2 is 1.82 bits per heavy atom. The van der Waals surface area contributed by atoms with E-state index in [4.69, 9.17) is 21.1 Å². The lowest BCUT2D eigenvalue weighted by molar-refractivity contribution is -0.120. The van der Waals surface area contributed by atoms with Crippen molar-refractivity contribution in [1.82, 2.24) is 9.88 Å². The summed E-state index contributed by atoms with van der Waals surface area (Å²) >= 11 is 6.22. The minimum Gasteiger partial charge on any atom is -0.495 e. The second-order valence-corrected chi connectivity index (χ2v) is 11.0. The number of halogens is 1. The van der Waals surface area contributed by atoms with Crippen LogP contribution in [-0.2, 0) is 16.1 Å². The summed E-state index contributed by atoms with van der Waals surface area (Å²) in [4.78, 5) is 51.3. The van der Waals surface area contributed by atoms with Crippen molar-refractivity contribution in [2.24, 2.45) is 0 Å². The zero-order chi connectivity index (χ0) is 29.2. The number of pyridine rings is 1. The van der Waals surface area contributed by atoms with E-state index in [-0.39, 0.29) is 24.7 Å². The van der Waals surface area contributed by atoms with Crippen LogP contribution in [0.15, 0.2) is 53.5 Å². The van der Waals surface area contributed by atoms with E-state index in [0.29, 0.717) is 45.3 Å². The van der Waals surface area contributed by atoms with Gasteiger partial charge in [-0.1, -0.05) is 11.6 Å². The van der Waals surface area contributed by atoms with Crippen LogP contribution in [0, 0.1) is 0 Å². The number of carbonyl (C=O) groups excluding carboxylic acids is 3. The highest BCUT2D eigenvalue weighted by atomic mass is 35.5. The zero-order valence-corrected chi connectivity index (χ0v) is 23.8. The molecule has 210 valence electrons. The zero-order valence-electron chi connectivity index (χ0n) is 23.1. The van der Waals surface area contributed by atoms with Crippen molar-refractivity contribution in [3.8, 4) is 16.9 Å². The molecule has 9 nitrogen and oxygen atoms in total. The first-order valence-electron chi connectivity index (χ1n) is 12.8. The van der Waals surface area contributed by atoms with Gasteiger partial charge in [0.1, 0.15) is 11.8 Å². The minimum absolute atomic E-state index is 0.156. The summed E-state index contributed by atoms with van der Waals surface area (Å²) in [7, 11) is 1.45. The molecule has 1 unspecified atom stereocenters. The van der Waals surface area contributed by atoms with E-state index in [2.05, 4.69) is 10.6 Å². The Hall–Kier alpha value is -3.95. The van der Waals surface area contributed by atoms with Gasteiger partial charge in [0.25, 0.3) is 11.5 Å². The molecule has 0 bridgehead atoms. The van der Waals surface area contributed by atoms with Crippen LogP contribution >= 0.6 is 11.6 Å². The van der Waals surface area contributed by atoms with Crippen molar-refractivity contribution in [3.05, 3.63) is 80.7 Å². The van der Waals surface area contributed by atoms with Crippen molar-refractivity contribution in [1.29, 1.82) is 0 Å². The largest absolute Gasteiger partial charge is 0.495 e. The number of aromatic nitrogens is 1. The number of hydrogen-bond donors (Lipinski definition) is 2. The van der Waals surface area contributed by atoms with E-state index in [0.717, 1.165) is 5.56 Å². The SMILES string of the molecule is COc1cn(C(CCOC(C)(C)C)C(=O)Nc2ccc3c(c2)CNC3=O)c(=O)cc1-c1cc(Cl)ccc1C(C)=O. The molecule has 1 atom stereocenters. The van der Waals surface area contributed by atoms with Gasteiger partial charge in [0.2, 0.25) is 5.91 Å². The molecule has 4 rings (SSSR count). The maximum absolute atomic E-state index is 13.6. The molecule has 1 aliphatic heterocycles. The number of nitrogens with zero attached hydrogens (tertiary/aromatic N) is 1. The smallest absolute Gasteiger partial charge is 0.252 e. The number of amides is 2. The number of nitrogens with one attached hydrogen (secondary N) is 2. The number of ether oxygens (including phenoxy) is 2. The molecule has 1 aliphatic rings. The molecule has 0 radical (unpaired) electrons. The molecule has 0 spiro atoms. The van der Waals surface area contributed by atoms with Gasteiger partial charge in [0.15, 0.2) is 5.78 Å². The molecule has 2 N–H and O–H groups in total. The summed E-state index contributed by atoms with van der Waals surface area (Å²) in [5.74, 6) is -0.489. The molecule has 0 fully saturated rings. The Labute approximate surface area is 237 Å². The third-order valence-electron chi connectivity index (χ3n) is 6.54. The van der Waals surface area contributed by atoms with Crippen LogP contribution in [0.3, 0.4) is 0 Å². The van der Waals surface area contributed by atoms with Crippen LogP contribution in [0.4, 0.5) is 5.69 Å². The Morgan fingerprint density at radius 1 is 1.07 bits per heavy atom. The molecule has 10 heteroatoms. The van der Waals surface area contributed by atoms with Gasteiger partial charge in [-0.25, -0.2) is 0 Å². The van der Waals surface area contributed by atoms with Crippen molar-refractivity contribution in [2.45, 2.75) is 52.3 Å². The molecular formula is C30H32ClN3O6. The number of hydrogen-bond acceptors (Lipinski definition) is 6. The lowest BCUT2D eigenvalue weighted by Crippen LogP contribution is -2.34. The highest BCUT2D eigenvalue weighted by Gasteiger charge is 2.26. The van der Waals surface area contributed by atoms with Gasteiger partial charge in [-0.3, -0.25) is 23.7 Å². The third-order valence-corrected chi connectivity index (χ3v) is 6.77. The maximum atomic E-state index is 13.6. The monoisotopic (exact) mass is 565 g/mol. The van der Waals surface area contributed by atoms with Crippen LogP contribution in [0.1, 0.15) is 66.4 Å². The average molecular weight is 566 g/mol. The third kappa shape index (κ3) is 6.43. The predicted molar refractivity (Wildman–Crippen MR) is 153 cm³/mol. The van der Waals surface area contributed by atoms with Gasteiger partial charge < -0.3 is 20.1 Å². The Kier molecular flexibility index (Phi) is 8.46. The van der Waals surface area contributed by atoms with E-state index in [1.54, 1.807) is 36.4 Å². The normalized spacial score (nSPS) is 13.4. The van der Waals surface area contributed by atoms with Crippen LogP contribution in [0.2, 0.25) is 5.02 Å². The van der Waals surface area contributed by atoms with Crippen molar-refractivity contribution in [2.75, 3.05) is 19.0 Å². The van der Waals surface area contributed by atoms with Gasteiger partial charge in [-0.2, -0.15) is 0 Å². The van der Waals surface area contributed by atoms with E-state index in [9.17, 15) is 19.2 Å². The van der Waals surface area contributed by atoms with Crippen LogP contribution < -0.4 is 20.9 Å². The number of fused-ring (bicyclic) bond motifs is 1. The highest BCUT2D eigenvalue weighted by molar-refractivity contribution is 6.31. The molecule has 3 aromatic rings. The Bertz CT molecular complexity index is 1540. The molecule has 2 aromatic carbocycles. The number of Topliss-reactive ketones (excluding diaryl/α,β-unsaturated/α-hetero) is 1. The molecule has 2 amide bonds. The molecule has 0 saturated carbocycles. The fraction of sp³-hybridized carbons (Fsp3) is 0.333. The lowest BCUT2D eigenvalue weighted by Gasteiger charge is -2.24. The summed E-state index contributed by atoms with van der Waals surface area (Å²) in [5, 5.41) is 6.03. The molecular weight excluding hydrogens is 534 g/mol. The maximum Gasteiger partial charge on any atom is 0.252 e. The minimum atomic E-state index is -0.947. The first kappa shape index (κ1) is 29.0. The topological polar surface area (TPSA) is 116 Å². The van der Waals surface area contributed by atoms with E-state index < -0.39 is 23.1 Å². The second-order valence-electron chi connectivity index (χ2n) is 10.6. The number of carbonyl (C=O) groups is 3. The highest BCUT2D eigenvalue weighted by Crippen LogP contribution is 2.34. The Balaban J connectivity index is 1.73. The quantitative estimate of drug-likeness (QED) is 0.352. The Morgan fingerprint density at radius 3 is 2.50 bits per heavy atom. The molecule has 1 aromatic heterocycles. The van der Waals surface area contributed by atoms with Crippen LogP contribution in [-0.4, -0.2) is 41.5 Å². The van der Waals surface area contributed by atoms with Crippen LogP contribution in [0.5, 0.6) is 5.75 Å². The summed E-state index contributed by atoms with van der Waals surface area (Å²) in [6.45, 7) is 7.74. The number of ketones is 1. The summed E-state index contributed by atoms with van der Waals surface area (Å²) in [6.07, 6.45) is 1.67. The standard InChI is InChI=1S/C30H32ClN3O6/c1-17(35)21-8-6-19(31)13-23(21)24-14-27(36)34(16-26(24)39-5)25(10-11-40-30(2,3)4)29(38)33-20-7-9-22-18(12-20)15-32-28(22)37/h6-9,12-14,16,25H,10-11,15H2,1-5H3,(H,32,37)(H,33,38). The van der Waals surface area contributed by atoms with Gasteiger partial charge in [0.05, 0.1) is 18.9 Å². The molecule has 2 heterocycles. The summed E-state index contributed by atoms with van der Waals surface area (Å²) < 4.78 is 12.8. The molecule has 0 saturated heterocycles. The first-order valence-corrected chi connectivity index (χ1v) is 13.2. The summed E-state index contributed by atoms with van der Waals surface area (Å²) in [6, 6.07) is 10.3. The predicted octanol–water partition coefficient (Wildman–Crippen LogP) is 5.01. The van der Waals surface area contributed by atoms with Gasteiger partial charge in [0, 0.05) is 53.0 Å². The van der Waals surface area contributed by atoms with Crippen molar-refractivity contribution >= 4 is 34.9 Å². The van der Waals surface area contributed by atoms with Crippen molar-refractivity contribution < 1.29 is 23.9 Å². The van der Waals surface area contributed by atoms with Gasteiger partial charge in [-0.05, 0) is 75.2 Å². The fourth-order valence-electron chi connectivity index (χ4n) is 4.60. The van der Waals surface area contributed by atoms with Crippen LogP contribution in [0.25, 0.3) is 11.1 Å². The van der Waals surface area contributed by atoms with E-state index >= 15 is 0 Å². The van der Waals surface area contributed by atoms with Gasteiger partial charge >= 0.3 is 0 Å². The fourth-order valence-corrected chi connectivity index (χ4v) is 4.77. The number of benzene rings is 2. The van der Waals surface area contributed by atoms with E-state index in [1.807, 2.05) is 20.8 Å².